The van der Waals surface area contributed by atoms with Crippen molar-refractivity contribution >= 4 is 33.1 Å². The van der Waals surface area contributed by atoms with Crippen LogP contribution < -0.4 is 10.9 Å². The van der Waals surface area contributed by atoms with Crippen LogP contribution in [0.15, 0.2) is 35.4 Å². The Kier molecular flexibility index (Phi) is 4.94. The van der Waals surface area contributed by atoms with Gasteiger partial charge in [-0.2, -0.15) is 0 Å². The zero-order chi connectivity index (χ0) is 18.0. The number of aryl methyl sites for hydroxylation is 2. The summed E-state index contributed by atoms with van der Waals surface area (Å²) in [6.45, 7) is 4.43. The van der Waals surface area contributed by atoms with Gasteiger partial charge < -0.3 is 5.32 Å². The Balaban J connectivity index is 1.95. The highest BCUT2D eigenvalue weighted by Gasteiger charge is 2.19. The molecule has 0 fully saturated rings. The van der Waals surface area contributed by atoms with E-state index >= 15 is 0 Å². The van der Waals surface area contributed by atoms with E-state index in [-0.39, 0.29) is 17.3 Å². The largest absolute Gasteiger partial charge is 0.321 e. The van der Waals surface area contributed by atoms with Crippen LogP contribution in [0.1, 0.15) is 35.0 Å². The number of nitrogens with zero attached hydrogens (tertiary/aromatic N) is 2. The van der Waals surface area contributed by atoms with E-state index in [0.717, 1.165) is 12.8 Å². The summed E-state index contributed by atoms with van der Waals surface area (Å²) in [6, 6.07) is 5.54. The van der Waals surface area contributed by atoms with E-state index in [1.807, 2.05) is 0 Å². The van der Waals surface area contributed by atoms with E-state index in [0.29, 0.717) is 32.9 Å². The maximum atomic E-state index is 13.0. The molecule has 0 spiro atoms. The number of hydrogen-bond donors (Lipinski definition) is 1. The molecule has 0 unspecified atom stereocenters. The van der Waals surface area contributed by atoms with Gasteiger partial charge >= 0.3 is 0 Å². The fraction of sp³-hybridized carbons (Fsp3) is 0.278. The van der Waals surface area contributed by atoms with Gasteiger partial charge in [0.2, 0.25) is 0 Å². The third kappa shape index (κ3) is 3.46. The second-order valence-corrected chi connectivity index (χ2v) is 6.79. The van der Waals surface area contributed by atoms with Gasteiger partial charge in [0, 0.05) is 12.2 Å². The predicted octanol–water partition coefficient (Wildman–Crippen LogP) is 3.96. The third-order valence-corrected chi connectivity index (χ3v) is 5.18. The quantitative estimate of drug-likeness (QED) is 0.750. The maximum Gasteiger partial charge on any atom is 0.266 e. The molecule has 1 aromatic carbocycles. The minimum Gasteiger partial charge on any atom is -0.321 e. The Bertz CT molecular complexity index is 976. The number of thiophene rings is 1. The summed E-state index contributed by atoms with van der Waals surface area (Å²) in [5.41, 5.74) is 1.01. The Hall–Kier alpha value is -2.54. The lowest BCUT2D eigenvalue weighted by molar-refractivity contribution is 0.103. The van der Waals surface area contributed by atoms with Crippen LogP contribution in [0.25, 0.3) is 10.2 Å². The van der Waals surface area contributed by atoms with Crippen LogP contribution in [-0.4, -0.2) is 15.5 Å². The van der Waals surface area contributed by atoms with Gasteiger partial charge in [0.05, 0.1) is 16.6 Å². The van der Waals surface area contributed by atoms with Crippen molar-refractivity contribution in [3.8, 4) is 0 Å². The molecule has 1 N–H and O–H groups in total. The molecule has 3 rings (SSSR count). The smallest absolute Gasteiger partial charge is 0.266 e. The Morgan fingerprint density at radius 2 is 2.04 bits per heavy atom. The number of fused-ring (bicyclic) bond motifs is 1. The number of aromatic nitrogens is 2. The summed E-state index contributed by atoms with van der Waals surface area (Å²) >= 11 is 1.19. The fourth-order valence-electron chi connectivity index (χ4n) is 2.58. The number of amides is 1. The minimum absolute atomic E-state index is 0.118. The summed E-state index contributed by atoms with van der Waals surface area (Å²) in [5.74, 6) is -0.695. The second-order valence-electron chi connectivity index (χ2n) is 5.79. The molecule has 7 heteroatoms. The van der Waals surface area contributed by atoms with Gasteiger partial charge in [-0.15, -0.1) is 11.3 Å². The molecule has 0 saturated heterocycles. The number of carbonyl (C=O) groups is 1. The maximum absolute atomic E-state index is 13.0. The molecular formula is C18H18FN3O2S. The van der Waals surface area contributed by atoms with Crippen molar-refractivity contribution < 1.29 is 9.18 Å². The summed E-state index contributed by atoms with van der Waals surface area (Å²) < 4.78 is 14.6. The minimum atomic E-state index is -0.368. The number of rotatable bonds is 5. The first-order chi connectivity index (χ1) is 12.0. The van der Waals surface area contributed by atoms with E-state index < -0.39 is 0 Å². The number of benzene rings is 1. The first-order valence-corrected chi connectivity index (χ1v) is 8.88. The molecule has 130 valence electrons. The molecule has 0 aliphatic heterocycles. The number of unbranched alkanes of at least 4 members (excludes halogenated alkanes) is 1. The van der Waals surface area contributed by atoms with Gasteiger partial charge in [0.1, 0.15) is 10.6 Å². The van der Waals surface area contributed by atoms with Gasteiger partial charge in [-0.05, 0) is 43.2 Å². The highest BCUT2D eigenvalue weighted by Crippen LogP contribution is 2.27. The van der Waals surface area contributed by atoms with Crippen LogP contribution in [0.3, 0.4) is 0 Å². The van der Waals surface area contributed by atoms with Crippen LogP contribution in [0, 0.1) is 12.7 Å². The molecule has 0 bridgehead atoms. The Morgan fingerprint density at radius 3 is 2.72 bits per heavy atom. The number of carbonyl (C=O) groups excluding carboxylic acids is 1. The van der Waals surface area contributed by atoms with Crippen molar-refractivity contribution in [3.05, 3.63) is 57.2 Å². The molecule has 2 aromatic heterocycles. The van der Waals surface area contributed by atoms with Crippen LogP contribution in [-0.2, 0) is 6.54 Å². The standard InChI is InChI=1S/C18H18FN3O2S/c1-3-4-9-22-10-20-17-14(18(22)24)11(2)15(25-17)16(23)21-13-7-5-12(19)6-8-13/h5-8,10H,3-4,9H2,1-2H3,(H,21,23). The van der Waals surface area contributed by atoms with Crippen molar-refractivity contribution in [1.29, 1.82) is 0 Å². The van der Waals surface area contributed by atoms with Crippen LogP contribution in [0.5, 0.6) is 0 Å². The molecule has 0 radical (unpaired) electrons. The highest BCUT2D eigenvalue weighted by molar-refractivity contribution is 7.20. The topological polar surface area (TPSA) is 64.0 Å². The molecule has 0 aliphatic rings. The Labute approximate surface area is 148 Å². The number of nitrogens with one attached hydrogen (secondary N) is 1. The monoisotopic (exact) mass is 359 g/mol. The van der Waals surface area contributed by atoms with Gasteiger partial charge in [-0.25, -0.2) is 9.37 Å². The van der Waals surface area contributed by atoms with Crippen molar-refractivity contribution in [3.63, 3.8) is 0 Å². The SMILES string of the molecule is CCCCn1cnc2sc(C(=O)Nc3ccc(F)cc3)c(C)c2c1=O. The molecule has 0 saturated carbocycles. The highest BCUT2D eigenvalue weighted by atomic mass is 32.1. The van der Waals surface area contributed by atoms with E-state index in [1.165, 1.54) is 41.9 Å². The number of hydrogen-bond acceptors (Lipinski definition) is 4. The summed E-state index contributed by atoms with van der Waals surface area (Å²) in [5, 5.41) is 3.22. The predicted molar refractivity (Wildman–Crippen MR) is 97.9 cm³/mol. The van der Waals surface area contributed by atoms with Gasteiger partial charge in [-0.1, -0.05) is 13.3 Å². The van der Waals surface area contributed by atoms with Gasteiger partial charge in [-0.3, -0.25) is 14.2 Å². The van der Waals surface area contributed by atoms with Crippen LogP contribution >= 0.6 is 11.3 Å². The van der Waals surface area contributed by atoms with Crippen molar-refractivity contribution in [2.45, 2.75) is 33.2 Å². The second kappa shape index (κ2) is 7.14. The lowest BCUT2D eigenvalue weighted by Crippen LogP contribution is -2.20. The number of anilines is 1. The molecule has 0 aliphatic carbocycles. The molecule has 0 atom stereocenters. The Morgan fingerprint density at radius 1 is 1.32 bits per heavy atom. The van der Waals surface area contributed by atoms with Crippen molar-refractivity contribution in [2.75, 3.05) is 5.32 Å². The average molecular weight is 359 g/mol. The third-order valence-electron chi connectivity index (χ3n) is 3.98. The molecule has 5 nitrogen and oxygen atoms in total. The van der Waals surface area contributed by atoms with E-state index in [9.17, 15) is 14.0 Å². The molecule has 1 amide bonds. The molecule has 25 heavy (non-hydrogen) atoms. The summed E-state index contributed by atoms with van der Waals surface area (Å²) in [6.07, 6.45) is 3.42. The summed E-state index contributed by atoms with van der Waals surface area (Å²) in [7, 11) is 0. The van der Waals surface area contributed by atoms with E-state index in [4.69, 9.17) is 0 Å². The summed E-state index contributed by atoms with van der Waals surface area (Å²) in [4.78, 5) is 30.5. The van der Waals surface area contributed by atoms with E-state index in [2.05, 4.69) is 17.2 Å². The van der Waals surface area contributed by atoms with E-state index in [1.54, 1.807) is 11.5 Å². The average Bonchev–Trinajstić information content (AvgIpc) is 2.94. The van der Waals surface area contributed by atoms with Gasteiger partial charge in [0.25, 0.3) is 11.5 Å². The fourth-order valence-corrected chi connectivity index (χ4v) is 3.62. The lowest BCUT2D eigenvalue weighted by Gasteiger charge is -2.04. The first kappa shape index (κ1) is 17.3. The first-order valence-electron chi connectivity index (χ1n) is 8.06. The van der Waals surface area contributed by atoms with Crippen LogP contribution in [0.4, 0.5) is 10.1 Å². The van der Waals surface area contributed by atoms with Crippen molar-refractivity contribution in [2.24, 2.45) is 0 Å². The molecular weight excluding hydrogens is 341 g/mol. The molecule has 3 aromatic rings. The zero-order valence-corrected chi connectivity index (χ0v) is 14.8. The number of halogens is 1. The zero-order valence-electron chi connectivity index (χ0n) is 14.0. The van der Waals surface area contributed by atoms with Gasteiger partial charge in [0.15, 0.2) is 0 Å². The lowest BCUT2D eigenvalue weighted by atomic mass is 10.2. The molecule has 2 heterocycles. The van der Waals surface area contributed by atoms with Crippen molar-refractivity contribution in [1.82, 2.24) is 9.55 Å². The normalized spacial score (nSPS) is 11.0. The van der Waals surface area contributed by atoms with Crippen LogP contribution in [0.2, 0.25) is 0 Å².